The van der Waals surface area contributed by atoms with Crippen LogP contribution in [0.1, 0.15) is 28.4 Å². The van der Waals surface area contributed by atoms with Crippen LogP contribution in [0.25, 0.3) is 0 Å². The molecule has 0 aliphatic rings. The number of rotatable bonds is 2. The Kier molecular flexibility index (Phi) is 4.29. The maximum Gasteiger partial charge on any atom is 0.124 e. The Hall–Kier alpha value is -0.900. The van der Waals surface area contributed by atoms with Crippen molar-refractivity contribution in [2.75, 3.05) is 0 Å². The molecule has 100 valence electrons. The van der Waals surface area contributed by atoms with Crippen LogP contribution in [-0.4, -0.2) is 5.11 Å². The standard InChI is InChI=1S/C15H13BrClFO/c1-8-6-14(17)9(2)5-12(8)15(19)11-4-3-10(18)7-13(11)16/h3-7,15,19H,1-2H3. The lowest BCUT2D eigenvalue weighted by atomic mass is 9.96. The summed E-state index contributed by atoms with van der Waals surface area (Å²) in [5.74, 6) is -0.341. The number of halogens is 3. The minimum atomic E-state index is -0.814. The summed E-state index contributed by atoms with van der Waals surface area (Å²) >= 11 is 9.32. The molecule has 0 amide bonds. The summed E-state index contributed by atoms with van der Waals surface area (Å²) in [6.45, 7) is 3.78. The summed E-state index contributed by atoms with van der Waals surface area (Å²) in [6, 6.07) is 7.94. The molecule has 1 atom stereocenters. The molecule has 0 fully saturated rings. The van der Waals surface area contributed by atoms with Crippen LogP contribution in [0.3, 0.4) is 0 Å². The van der Waals surface area contributed by atoms with Gasteiger partial charge in [0.15, 0.2) is 0 Å². The first-order valence-electron chi connectivity index (χ1n) is 5.80. The van der Waals surface area contributed by atoms with Crippen LogP contribution in [0.2, 0.25) is 5.02 Å². The molecule has 4 heteroatoms. The monoisotopic (exact) mass is 342 g/mol. The molecule has 19 heavy (non-hydrogen) atoms. The number of hydrogen-bond donors (Lipinski definition) is 1. The Bertz CT molecular complexity index is 628. The van der Waals surface area contributed by atoms with Gasteiger partial charge in [0.05, 0.1) is 0 Å². The number of aliphatic hydroxyl groups excluding tert-OH is 1. The summed E-state index contributed by atoms with van der Waals surface area (Å²) in [5.41, 5.74) is 3.21. The van der Waals surface area contributed by atoms with Crippen molar-refractivity contribution in [3.8, 4) is 0 Å². The number of aliphatic hydroxyl groups is 1. The Balaban J connectivity index is 2.49. The molecule has 0 aromatic heterocycles. The van der Waals surface area contributed by atoms with Crippen molar-refractivity contribution in [2.45, 2.75) is 20.0 Å². The molecule has 2 rings (SSSR count). The fourth-order valence-corrected chi connectivity index (χ4v) is 2.77. The van der Waals surface area contributed by atoms with E-state index in [0.717, 1.165) is 16.7 Å². The highest BCUT2D eigenvalue weighted by Gasteiger charge is 2.17. The van der Waals surface area contributed by atoms with E-state index >= 15 is 0 Å². The van der Waals surface area contributed by atoms with Gasteiger partial charge in [-0.2, -0.15) is 0 Å². The molecule has 1 unspecified atom stereocenters. The fraction of sp³-hybridized carbons (Fsp3) is 0.200. The molecule has 0 aliphatic heterocycles. The van der Waals surface area contributed by atoms with Crippen LogP contribution in [0.15, 0.2) is 34.8 Å². The highest BCUT2D eigenvalue weighted by Crippen LogP contribution is 2.32. The summed E-state index contributed by atoms with van der Waals surface area (Å²) in [5, 5.41) is 11.1. The molecule has 0 heterocycles. The summed E-state index contributed by atoms with van der Waals surface area (Å²) < 4.78 is 13.6. The largest absolute Gasteiger partial charge is 0.384 e. The van der Waals surface area contributed by atoms with E-state index in [9.17, 15) is 9.50 Å². The smallest absolute Gasteiger partial charge is 0.124 e. The van der Waals surface area contributed by atoms with Crippen molar-refractivity contribution in [3.05, 3.63) is 67.9 Å². The second-order valence-electron chi connectivity index (χ2n) is 4.53. The topological polar surface area (TPSA) is 20.2 Å². The van der Waals surface area contributed by atoms with E-state index in [2.05, 4.69) is 15.9 Å². The van der Waals surface area contributed by atoms with Gasteiger partial charge in [0, 0.05) is 9.50 Å². The van der Waals surface area contributed by atoms with E-state index in [1.807, 2.05) is 26.0 Å². The lowest BCUT2D eigenvalue weighted by Crippen LogP contribution is -2.04. The van der Waals surface area contributed by atoms with Crippen molar-refractivity contribution in [1.82, 2.24) is 0 Å². The average molecular weight is 344 g/mol. The van der Waals surface area contributed by atoms with Gasteiger partial charge < -0.3 is 5.11 Å². The normalized spacial score (nSPS) is 12.5. The molecular formula is C15H13BrClFO. The summed E-state index contributed by atoms with van der Waals surface area (Å²) in [4.78, 5) is 0. The SMILES string of the molecule is Cc1cc(C(O)c2ccc(F)cc2Br)c(C)cc1Cl. The third kappa shape index (κ3) is 2.99. The minimum absolute atomic E-state index is 0.341. The summed E-state index contributed by atoms with van der Waals surface area (Å²) in [7, 11) is 0. The van der Waals surface area contributed by atoms with Gasteiger partial charge in [0.25, 0.3) is 0 Å². The van der Waals surface area contributed by atoms with Gasteiger partial charge in [-0.3, -0.25) is 0 Å². The van der Waals surface area contributed by atoms with Gasteiger partial charge in [-0.15, -0.1) is 0 Å². The third-order valence-corrected chi connectivity index (χ3v) is 4.19. The zero-order valence-corrected chi connectivity index (χ0v) is 12.9. The molecule has 0 spiro atoms. The van der Waals surface area contributed by atoms with Crippen molar-refractivity contribution < 1.29 is 9.50 Å². The van der Waals surface area contributed by atoms with Gasteiger partial charge in [0.1, 0.15) is 11.9 Å². The van der Waals surface area contributed by atoms with E-state index in [1.165, 1.54) is 12.1 Å². The number of benzene rings is 2. The van der Waals surface area contributed by atoms with E-state index in [-0.39, 0.29) is 5.82 Å². The maximum absolute atomic E-state index is 13.1. The third-order valence-electron chi connectivity index (χ3n) is 3.10. The van der Waals surface area contributed by atoms with Gasteiger partial charge >= 0.3 is 0 Å². The Labute approximate surface area is 125 Å². The summed E-state index contributed by atoms with van der Waals surface area (Å²) in [6.07, 6.45) is -0.814. The number of aryl methyl sites for hydroxylation is 2. The molecule has 0 saturated heterocycles. The molecular weight excluding hydrogens is 331 g/mol. The van der Waals surface area contributed by atoms with Crippen LogP contribution in [-0.2, 0) is 0 Å². The molecule has 0 aliphatic carbocycles. The zero-order valence-electron chi connectivity index (χ0n) is 10.5. The van der Waals surface area contributed by atoms with Crippen LogP contribution in [0.5, 0.6) is 0 Å². The van der Waals surface area contributed by atoms with E-state index < -0.39 is 6.10 Å². The molecule has 1 N–H and O–H groups in total. The number of hydrogen-bond acceptors (Lipinski definition) is 1. The van der Waals surface area contributed by atoms with E-state index in [1.54, 1.807) is 6.07 Å². The maximum atomic E-state index is 13.1. The highest BCUT2D eigenvalue weighted by molar-refractivity contribution is 9.10. The fourth-order valence-electron chi connectivity index (χ4n) is 1.99. The predicted molar refractivity (Wildman–Crippen MR) is 79.1 cm³/mol. The predicted octanol–water partition coefficient (Wildman–Crippen LogP) is 4.94. The zero-order chi connectivity index (χ0) is 14.2. The van der Waals surface area contributed by atoms with Gasteiger partial charge in [0.2, 0.25) is 0 Å². The van der Waals surface area contributed by atoms with Gasteiger partial charge in [-0.1, -0.05) is 39.7 Å². The Morgan fingerprint density at radius 2 is 1.79 bits per heavy atom. The molecule has 1 nitrogen and oxygen atoms in total. The van der Waals surface area contributed by atoms with Crippen LogP contribution >= 0.6 is 27.5 Å². The highest BCUT2D eigenvalue weighted by atomic mass is 79.9. The van der Waals surface area contributed by atoms with Crippen molar-refractivity contribution in [1.29, 1.82) is 0 Å². The lowest BCUT2D eigenvalue weighted by molar-refractivity contribution is 0.218. The van der Waals surface area contributed by atoms with E-state index in [0.29, 0.717) is 15.1 Å². The molecule has 2 aromatic carbocycles. The van der Waals surface area contributed by atoms with Crippen LogP contribution in [0.4, 0.5) is 4.39 Å². The first-order valence-corrected chi connectivity index (χ1v) is 6.97. The second kappa shape index (κ2) is 5.61. The quantitative estimate of drug-likeness (QED) is 0.819. The van der Waals surface area contributed by atoms with Crippen LogP contribution < -0.4 is 0 Å². The van der Waals surface area contributed by atoms with E-state index in [4.69, 9.17) is 11.6 Å². The molecule has 0 bridgehead atoms. The first-order chi connectivity index (χ1) is 8.90. The average Bonchev–Trinajstić information content (AvgIpc) is 2.33. The minimum Gasteiger partial charge on any atom is -0.384 e. The van der Waals surface area contributed by atoms with Crippen molar-refractivity contribution in [2.24, 2.45) is 0 Å². The van der Waals surface area contributed by atoms with Gasteiger partial charge in [-0.25, -0.2) is 4.39 Å². The van der Waals surface area contributed by atoms with Crippen LogP contribution in [0, 0.1) is 19.7 Å². The molecule has 0 radical (unpaired) electrons. The van der Waals surface area contributed by atoms with Crippen molar-refractivity contribution >= 4 is 27.5 Å². The Morgan fingerprint density at radius 1 is 1.11 bits per heavy atom. The lowest BCUT2D eigenvalue weighted by Gasteiger charge is -2.17. The molecule has 0 saturated carbocycles. The van der Waals surface area contributed by atoms with Crippen molar-refractivity contribution in [3.63, 3.8) is 0 Å². The molecule has 2 aromatic rings. The Morgan fingerprint density at radius 3 is 2.42 bits per heavy atom. The van der Waals surface area contributed by atoms with Gasteiger partial charge in [-0.05, 0) is 54.3 Å². The first kappa shape index (κ1) is 14.5. The second-order valence-corrected chi connectivity index (χ2v) is 5.79.